The highest BCUT2D eigenvalue weighted by Gasteiger charge is 2.33. The molecule has 1 aliphatic heterocycles. The second kappa shape index (κ2) is 6.60. The van der Waals surface area contributed by atoms with E-state index in [4.69, 9.17) is 4.74 Å². The van der Waals surface area contributed by atoms with Crippen LogP contribution in [0.5, 0.6) is 0 Å². The van der Waals surface area contributed by atoms with Crippen molar-refractivity contribution in [2.24, 2.45) is 0 Å². The largest absolute Gasteiger partial charge is 0.377 e. The molecule has 24 heavy (non-hydrogen) atoms. The van der Waals surface area contributed by atoms with Crippen LogP contribution < -0.4 is 9.80 Å². The van der Waals surface area contributed by atoms with Gasteiger partial charge in [0.1, 0.15) is 11.6 Å². The molecule has 0 bridgehead atoms. The molecule has 0 amide bonds. The van der Waals surface area contributed by atoms with Crippen molar-refractivity contribution in [3.05, 3.63) is 22.3 Å². The van der Waals surface area contributed by atoms with Gasteiger partial charge in [-0.25, -0.2) is 0 Å². The fraction of sp³-hybridized carbons (Fsp3) is 0.625. The fourth-order valence-corrected chi connectivity index (χ4v) is 4.09. The summed E-state index contributed by atoms with van der Waals surface area (Å²) < 4.78 is 5.11. The maximum absolute atomic E-state index is 5.11. The molecule has 2 aliphatic rings. The fourth-order valence-electron chi connectivity index (χ4n) is 3.25. The predicted molar refractivity (Wildman–Crippen MR) is 93.7 cm³/mol. The van der Waals surface area contributed by atoms with Crippen LogP contribution in [0, 0.1) is 0 Å². The van der Waals surface area contributed by atoms with Gasteiger partial charge in [0.2, 0.25) is 5.13 Å². The number of methoxy groups -OCH3 is 1. The Morgan fingerprint density at radius 3 is 2.88 bits per heavy atom. The van der Waals surface area contributed by atoms with E-state index in [1.807, 2.05) is 0 Å². The second-order valence-electron chi connectivity index (χ2n) is 6.46. The number of likely N-dealkylation sites (N-methyl/N-ethyl adjacent to an activating group) is 1. The maximum atomic E-state index is 5.11. The normalized spacial score (nSPS) is 17.5. The lowest BCUT2D eigenvalue weighted by atomic mass is 9.96. The number of aryl methyl sites for hydroxylation is 2. The molecule has 0 unspecified atom stereocenters. The number of ether oxygens (including phenoxy) is 1. The van der Waals surface area contributed by atoms with Gasteiger partial charge in [0.25, 0.3) is 0 Å². The summed E-state index contributed by atoms with van der Waals surface area (Å²) in [5.41, 5.74) is 2.58. The van der Waals surface area contributed by atoms with Crippen LogP contribution in [0.15, 0.2) is 6.07 Å². The highest BCUT2D eigenvalue weighted by atomic mass is 32.1. The van der Waals surface area contributed by atoms with E-state index in [0.717, 1.165) is 41.9 Å². The zero-order valence-corrected chi connectivity index (χ0v) is 14.9. The Labute approximate surface area is 145 Å². The van der Waals surface area contributed by atoms with Crippen molar-refractivity contribution in [1.82, 2.24) is 20.4 Å². The standard InChI is InChI=1S/C16H22N6OS/c1-21(16-20-19-15(24-16)10-23-2)12-8-22(9-12)14-7-11-5-3-4-6-13(11)17-18-14/h7,12H,3-6,8-10H2,1-2H3. The SMILES string of the molecule is COCc1nnc(N(C)C2CN(c3cc4c(nn3)CCCC4)C2)s1. The molecule has 2 aromatic rings. The lowest BCUT2D eigenvalue weighted by Gasteiger charge is -2.44. The monoisotopic (exact) mass is 346 g/mol. The molecule has 1 fully saturated rings. The number of nitrogens with zero attached hydrogens (tertiary/aromatic N) is 6. The van der Waals surface area contributed by atoms with Crippen molar-refractivity contribution in [3.8, 4) is 0 Å². The van der Waals surface area contributed by atoms with Gasteiger partial charge in [-0.15, -0.1) is 15.3 Å². The number of rotatable bonds is 5. The van der Waals surface area contributed by atoms with Crippen molar-refractivity contribution in [3.63, 3.8) is 0 Å². The van der Waals surface area contributed by atoms with E-state index in [-0.39, 0.29) is 0 Å². The zero-order chi connectivity index (χ0) is 16.5. The van der Waals surface area contributed by atoms with E-state index in [2.05, 4.69) is 43.3 Å². The van der Waals surface area contributed by atoms with Crippen molar-refractivity contribution < 1.29 is 4.74 Å². The lowest BCUT2D eigenvalue weighted by molar-refractivity contribution is 0.184. The van der Waals surface area contributed by atoms with Gasteiger partial charge < -0.3 is 14.5 Å². The Bertz CT molecular complexity index is 714. The third-order valence-electron chi connectivity index (χ3n) is 4.82. The van der Waals surface area contributed by atoms with Gasteiger partial charge in [0, 0.05) is 27.2 Å². The molecule has 8 heteroatoms. The van der Waals surface area contributed by atoms with Crippen LogP contribution in [0.3, 0.4) is 0 Å². The number of hydrogen-bond acceptors (Lipinski definition) is 8. The zero-order valence-electron chi connectivity index (χ0n) is 14.1. The number of fused-ring (bicyclic) bond motifs is 1. The molecular weight excluding hydrogens is 324 g/mol. The number of anilines is 2. The van der Waals surface area contributed by atoms with Crippen molar-refractivity contribution >= 4 is 22.3 Å². The van der Waals surface area contributed by atoms with E-state index in [9.17, 15) is 0 Å². The lowest BCUT2D eigenvalue weighted by Crippen LogP contribution is -2.59. The molecule has 0 N–H and O–H groups in total. The Balaban J connectivity index is 1.38. The average molecular weight is 346 g/mol. The third-order valence-corrected chi connectivity index (χ3v) is 5.80. The van der Waals surface area contributed by atoms with Crippen LogP contribution in [-0.2, 0) is 24.2 Å². The molecule has 0 spiro atoms. The Kier molecular flexibility index (Phi) is 4.32. The van der Waals surface area contributed by atoms with Crippen LogP contribution in [0.2, 0.25) is 0 Å². The highest BCUT2D eigenvalue weighted by molar-refractivity contribution is 7.15. The minimum absolute atomic E-state index is 0.436. The van der Waals surface area contributed by atoms with Gasteiger partial charge in [-0.3, -0.25) is 0 Å². The molecule has 3 heterocycles. The summed E-state index contributed by atoms with van der Waals surface area (Å²) in [4.78, 5) is 4.50. The van der Waals surface area contributed by atoms with Gasteiger partial charge in [0.15, 0.2) is 5.82 Å². The summed E-state index contributed by atoms with van der Waals surface area (Å²) in [6, 6.07) is 2.67. The summed E-state index contributed by atoms with van der Waals surface area (Å²) >= 11 is 1.59. The van der Waals surface area contributed by atoms with Gasteiger partial charge in [-0.1, -0.05) is 11.3 Å². The van der Waals surface area contributed by atoms with Crippen molar-refractivity contribution in [2.45, 2.75) is 38.3 Å². The number of aromatic nitrogens is 4. The molecule has 1 saturated heterocycles. The summed E-state index contributed by atoms with van der Waals surface area (Å²) in [5, 5.41) is 19.1. The minimum Gasteiger partial charge on any atom is -0.377 e. The highest BCUT2D eigenvalue weighted by Crippen LogP contribution is 2.29. The topological polar surface area (TPSA) is 67.3 Å². The Morgan fingerprint density at radius 1 is 1.21 bits per heavy atom. The predicted octanol–water partition coefficient (Wildman–Crippen LogP) is 1.68. The van der Waals surface area contributed by atoms with E-state index < -0.39 is 0 Å². The van der Waals surface area contributed by atoms with Crippen LogP contribution in [-0.4, -0.2) is 53.7 Å². The number of hydrogen-bond donors (Lipinski definition) is 0. The Morgan fingerprint density at radius 2 is 2.04 bits per heavy atom. The molecule has 128 valence electrons. The van der Waals surface area contributed by atoms with Gasteiger partial charge >= 0.3 is 0 Å². The van der Waals surface area contributed by atoms with E-state index in [1.54, 1.807) is 18.4 Å². The quantitative estimate of drug-likeness (QED) is 0.816. The molecule has 0 aromatic carbocycles. The molecule has 2 aromatic heterocycles. The Hall–Kier alpha value is -1.80. The third kappa shape index (κ3) is 2.95. The molecule has 4 rings (SSSR count). The van der Waals surface area contributed by atoms with Crippen LogP contribution in [0.4, 0.5) is 10.9 Å². The maximum Gasteiger partial charge on any atom is 0.208 e. The minimum atomic E-state index is 0.436. The van der Waals surface area contributed by atoms with E-state index in [1.165, 1.54) is 24.1 Å². The molecule has 1 aliphatic carbocycles. The first-order valence-electron chi connectivity index (χ1n) is 8.39. The first-order valence-corrected chi connectivity index (χ1v) is 9.21. The van der Waals surface area contributed by atoms with Gasteiger partial charge in [-0.2, -0.15) is 5.10 Å². The second-order valence-corrected chi connectivity index (χ2v) is 7.50. The summed E-state index contributed by atoms with van der Waals surface area (Å²) in [6.07, 6.45) is 4.73. The van der Waals surface area contributed by atoms with Gasteiger partial charge in [0.05, 0.1) is 11.7 Å². The van der Waals surface area contributed by atoms with Crippen molar-refractivity contribution in [2.75, 3.05) is 37.0 Å². The smallest absolute Gasteiger partial charge is 0.208 e. The van der Waals surface area contributed by atoms with Crippen LogP contribution in [0.25, 0.3) is 0 Å². The first-order chi connectivity index (χ1) is 11.7. The molecular formula is C16H22N6OS. The van der Waals surface area contributed by atoms with Crippen LogP contribution in [0.1, 0.15) is 29.1 Å². The first kappa shape index (κ1) is 15.7. The summed E-state index contributed by atoms with van der Waals surface area (Å²) in [5.74, 6) is 1.01. The molecule has 7 nitrogen and oxygen atoms in total. The van der Waals surface area contributed by atoms with Crippen molar-refractivity contribution in [1.29, 1.82) is 0 Å². The average Bonchev–Trinajstić information content (AvgIpc) is 3.02. The molecule has 0 atom stereocenters. The van der Waals surface area contributed by atoms with E-state index >= 15 is 0 Å². The van der Waals surface area contributed by atoms with Gasteiger partial charge in [-0.05, 0) is 37.3 Å². The van der Waals surface area contributed by atoms with E-state index in [0.29, 0.717) is 12.6 Å². The summed E-state index contributed by atoms with van der Waals surface area (Å²) in [6.45, 7) is 2.42. The summed E-state index contributed by atoms with van der Waals surface area (Å²) in [7, 11) is 3.76. The molecule has 0 radical (unpaired) electrons. The molecule has 0 saturated carbocycles. The van der Waals surface area contributed by atoms with Crippen LogP contribution >= 0.6 is 11.3 Å².